The van der Waals surface area contributed by atoms with E-state index in [2.05, 4.69) is 4.99 Å². The Labute approximate surface area is 181 Å². The van der Waals surface area contributed by atoms with Gasteiger partial charge in [0.2, 0.25) is 0 Å². The van der Waals surface area contributed by atoms with E-state index in [1.807, 2.05) is 43.3 Å². The second-order valence-electron chi connectivity index (χ2n) is 7.25. The molecule has 0 bridgehead atoms. The van der Waals surface area contributed by atoms with Gasteiger partial charge in [-0.1, -0.05) is 71.2 Å². The number of hydrogen-bond donors (Lipinski definition) is 0. The topological polar surface area (TPSA) is 12.4 Å². The van der Waals surface area contributed by atoms with Gasteiger partial charge in [-0.25, -0.2) is 0 Å². The first-order valence-electron chi connectivity index (χ1n) is 8.88. The van der Waals surface area contributed by atoms with E-state index in [1.54, 1.807) is 0 Å². The Morgan fingerprint density at radius 1 is 0.931 bits per heavy atom. The molecule has 1 atom stereocenters. The Balaban J connectivity index is 1.84. The van der Waals surface area contributed by atoms with Gasteiger partial charge in [-0.3, -0.25) is 4.99 Å². The predicted molar refractivity (Wildman–Crippen MR) is 114 cm³/mol. The monoisotopic (exact) mass is 455 g/mol. The zero-order valence-electron chi connectivity index (χ0n) is 15.2. The lowest BCUT2D eigenvalue weighted by Crippen LogP contribution is -2.43. The van der Waals surface area contributed by atoms with E-state index in [9.17, 15) is 13.2 Å². The lowest BCUT2D eigenvalue weighted by atomic mass is 9.76. The number of aliphatic imine (C=N–C) groups is 1. The van der Waals surface area contributed by atoms with Crippen LogP contribution in [0.3, 0.4) is 0 Å². The largest absolute Gasteiger partial charge is 0.400 e. The fourth-order valence-corrected chi connectivity index (χ4v) is 4.48. The van der Waals surface area contributed by atoms with Crippen LogP contribution in [-0.4, -0.2) is 18.4 Å². The van der Waals surface area contributed by atoms with Crippen LogP contribution in [0.1, 0.15) is 23.1 Å². The first-order valence-corrected chi connectivity index (χ1v) is 10.0. The zero-order chi connectivity index (χ0) is 21.0. The summed E-state index contributed by atoms with van der Waals surface area (Å²) in [4.78, 5) is 4.34. The quantitative estimate of drug-likeness (QED) is 0.349. The van der Waals surface area contributed by atoms with Crippen molar-refractivity contribution in [3.05, 3.63) is 80.3 Å². The molecule has 29 heavy (non-hydrogen) atoms. The van der Waals surface area contributed by atoms with E-state index < -0.39 is 18.1 Å². The average Bonchev–Trinajstić information content (AvgIpc) is 3.13. The van der Waals surface area contributed by atoms with Crippen molar-refractivity contribution in [2.45, 2.75) is 24.9 Å². The Hall–Kier alpha value is -1.75. The Kier molecular flexibility index (Phi) is 5.09. The minimum absolute atomic E-state index is 0.00738. The van der Waals surface area contributed by atoms with Crippen molar-refractivity contribution in [1.82, 2.24) is 0 Å². The molecule has 0 aromatic heterocycles. The molecular formula is C22H15Cl3F3N. The molecule has 1 nitrogen and oxygen atoms in total. The summed E-state index contributed by atoms with van der Waals surface area (Å²) in [6.45, 7) is 1.54. The molecule has 1 aliphatic rings. The van der Waals surface area contributed by atoms with Gasteiger partial charge >= 0.3 is 6.18 Å². The number of rotatable bonds is 2. The van der Waals surface area contributed by atoms with E-state index in [0.717, 1.165) is 16.3 Å². The lowest BCUT2D eigenvalue weighted by Gasteiger charge is -2.32. The third kappa shape index (κ3) is 3.31. The molecule has 1 heterocycles. The highest BCUT2D eigenvalue weighted by Gasteiger charge is 2.58. The second-order valence-corrected chi connectivity index (χ2v) is 8.44. The molecule has 4 rings (SSSR count). The van der Waals surface area contributed by atoms with Crippen molar-refractivity contribution < 1.29 is 13.2 Å². The molecule has 1 aliphatic heterocycles. The van der Waals surface area contributed by atoms with Crippen LogP contribution < -0.4 is 0 Å². The van der Waals surface area contributed by atoms with Gasteiger partial charge in [0.05, 0.1) is 21.6 Å². The van der Waals surface area contributed by atoms with Gasteiger partial charge in [0.25, 0.3) is 0 Å². The summed E-state index contributed by atoms with van der Waals surface area (Å²) in [6, 6.07) is 13.9. The van der Waals surface area contributed by atoms with Crippen molar-refractivity contribution in [1.29, 1.82) is 0 Å². The van der Waals surface area contributed by atoms with E-state index in [4.69, 9.17) is 34.8 Å². The summed E-state index contributed by atoms with van der Waals surface area (Å²) in [5, 5.41) is 1.91. The highest BCUT2D eigenvalue weighted by atomic mass is 35.5. The van der Waals surface area contributed by atoms with Crippen LogP contribution in [0.4, 0.5) is 13.2 Å². The SMILES string of the molecule is Cc1ccc(C2=NCC(c3cc(Cl)c(Cl)c(Cl)c3)(C(F)(F)F)C2)c2ccccc12. The van der Waals surface area contributed by atoms with Gasteiger partial charge in [0.15, 0.2) is 0 Å². The van der Waals surface area contributed by atoms with Gasteiger partial charge in [-0.15, -0.1) is 0 Å². The normalized spacial score (nSPS) is 19.6. The fourth-order valence-electron chi connectivity index (χ4n) is 3.89. The number of benzene rings is 3. The number of halogens is 6. The molecule has 3 aromatic carbocycles. The van der Waals surface area contributed by atoms with E-state index in [0.29, 0.717) is 11.3 Å². The molecule has 0 saturated heterocycles. The zero-order valence-corrected chi connectivity index (χ0v) is 17.5. The van der Waals surface area contributed by atoms with Crippen LogP contribution >= 0.6 is 34.8 Å². The smallest absolute Gasteiger partial charge is 0.288 e. The summed E-state index contributed by atoms with van der Waals surface area (Å²) in [7, 11) is 0. The summed E-state index contributed by atoms with van der Waals surface area (Å²) in [5.74, 6) is 0. The predicted octanol–water partition coefficient (Wildman–Crippen LogP) is 7.80. The van der Waals surface area contributed by atoms with Crippen LogP contribution in [0.5, 0.6) is 0 Å². The lowest BCUT2D eigenvalue weighted by molar-refractivity contribution is -0.183. The molecule has 150 valence electrons. The molecule has 0 spiro atoms. The second kappa shape index (κ2) is 7.19. The maximum Gasteiger partial charge on any atom is 0.400 e. The molecule has 7 heteroatoms. The summed E-state index contributed by atoms with van der Waals surface area (Å²) >= 11 is 18.0. The van der Waals surface area contributed by atoms with Gasteiger partial charge in [-0.05, 0) is 41.0 Å². The minimum atomic E-state index is -4.54. The van der Waals surface area contributed by atoms with Crippen LogP contribution in [0.2, 0.25) is 15.1 Å². The van der Waals surface area contributed by atoms with Crippen LogP contribution in [0.15, 0.2) is 53.5 Å². The molecule has 1 unspecified atom stereocenters. The first-order chi connectivity index (χ1) is 13.6. The molecule has 0 N–H and O–H groups in total. The highest BCUT2D eigenvalue weighted by molar-refractivity contribution is 6.48. The molecule has 0 radical (unpaired) electrons. The fraction of sp³-hybridized carbons (Fsp3) is 0.227. The molecule has 0 fully saturated rings. The highest BCUT2D eigenvalue weighted by Crippen LogP contribution is 2.50. The van der Waals surface area contributed by atoms with Crippen LogP contribution in [0.25, 0.3) is 10.8 Å². The number of hydrogen-bond acceptors (Lipinski definition) is 1. The number of aryl methyl sites for hydroxylation is 1. The van der Waals surface area contributed by atoms with Gasteiger partial charge in [0.1, 0.15) is 5.41 Å². The first kappa shape index (κ1) is 20.5. The van der Waals surface area contributed by atoms with Crippen LogP contribution in [0, 0.1) is 6.92 Å². The number of nitrogens with zero attached hydrogens (tertiary/aromatic N) is 1. The maximum atomic E-state index is 14.3. The Morgan fingerprint density at radius 2 is 1.55 bits per heavy atom. The van der Waals surface area contributed by atoms with Crippen molar-refractivity contribution in [3.63, 3.8) is 0 Å². The van der Waals surface area contributed by atoms with Crippen molar-refractivity contribution >= 4 is 51.3 Å². The van der Waals surface area contributed by atoms with Gasteiger partial charge in [0, 0.05) is 17.7 Å². The molecule has 0 saturated carbocycles. The van der Waals surface area contributed by atoms with E-state index >= 15 is 0 Å². The molecular weight excluding hydrogens is 442 g/mol. The number of fused-ring (bicyclic) bond motifs is 1. The molecule has 0 aliphatic carbocycles. The Morgan fingerprint density at radius 3 is 2.17 bits per heavy atom. The summed E-state index contributed by atoms with van der Waals surface area (Å²) in [6.07, 6.45) is -4.84. The third-order valence-electron chi connectivity index (χ3n) is 5.54. The standard InChI is InChI=1S/C22H15Cl3F3N/c1-12-6-7-16(15-5-3-2-4-14(12)15)19-10-21(11-29-19,22(26,27)28)13-8-17(23)20(25)18(24)9-13/h2-9H,10-11H2,1H3. The Bertz CT molecular complexity index is 1130. The maximum absolute atomic E-state index is 14.3. The minimum Gasteiger partial charge on any atom is -0.288 e. The summed E-state index contributed by atoms with van der Waals surface area (Å²) < 4.78 is 43.0. The summed E-state index contributed by atoms with van der Waals surface area (Å²) in [5.41, 5.74) is -0.0447. The van der Waals surface area contributed by atoms with Crippen molar-refractivity contribution in [2.75, 3.05) is 6.54 Å². The molecule has 0 amide bonds. The van der Waals surface area contributed by atoms with Gasteiger partial charge in [-0.2, -0.15) is 13.2 Å². The number of alkyl halides is 3. The average molecular weight is 457 g/mol. The van der Waals surface area contributed by atoms with Crippen molar-refractivity contribution in [2.24, 2.45) is 4.99 Å². The van der Waals surface area contributed by atoms with Gasteiger partial charge < -0.3 is 0 Å². The van der Waals surface area contributed by atoms with E-state index in [1.165, 1.54) is 12.1 Å². The van der Waals surface area contributed by atoms with Crippen molar-refractivity contribution in [3.8, 4) is 0 Å². The third-order valence-corrected chi connectivity index (χ3v) is 6.74. The van der Waals surface area contributed by atoms with E-state index in [-0.39, 0.29) is 27.1 Å². The van der Waals surface area contributed by atoms with Crippen LogP contribution in [-0.2, 0) is 5.41 Å². The molecule has 3 aromatic rings.